The highest BCUT2D eigenvalue weighted by atomic mass is 16.7. The molecule has 8 heteroatoms. The summed E-state index contributed by atoms with van der Waals surface area (Å²) in [7, 11) is 0. The predicted octanol–water partition coefficient (Wildman–Crippen LogP) is -2.74. The number of aliphatic hydroxyl groups excluding tert-OH is 4. The molecule has 0 aromatic heterocycles. The molecule has 18 heavy (non-hydrogen) atoms. The molecular weight excluding hydrogens is 248 g/mol. The van der Waals surface area contributed by atoms with E-state index in [0.717, 1.165) is 0 Å². The van der Waals surface area contributed by atoms with Crippen molar-refractivity contribution < 1.29 is 40.2 Å². The molecule has 8 nitrogen and oxygen atoms in total. The first-order chi connectivity index (χ1) is 8.23. The van der Waals surface area contributed by atoms with Crippen molar-refractivity contribution in [1.29, 1.82) is 0 Å². The van der Waals surface area contributed by atoms with Gasteiger partial charge in [0, 0.05) is 12.3 Å². The van der Waals surface area contributed by atoms with Gasteiger partial charge >= 0.3 is 5.97 Å². The van der Waals surface area contributed by atoms with Gasteiger partial charge in [0.05, 0.1) is 18.8 Å². The molecule has 1 saturated heterocycles. The van der Waals surface area contributed by atoms with Crippen molar-refractivity contribution in [3.05, 3.63) is 0 Å². The third-order valence-electron chi connectivity index (χ3n) is 3.19. The minimum Gasteiger partial charge on any atom is -0.477 e. The molecule has 3 unspecified atom stereocenters. The monoisotopic (exact) mass is 266 g/mol. The lowest BCUT2D eigenvalue weighted by atomic mass is 9.85. The second-order valence-corrected chi connectivity index (χ2v) is 4.54. The lowest BCUT2D eigenvalue weighted by Crippen LogP contribution is -2.60. The lowest BCUT2D eigenvalue weighted by molar-refractivity contribution is -0.302. The van der Waals surface area contributed by atoms with Crippen LogP contribution in [0.3, 0.4) is 0 Å². The number of carboxylic acid groups (broad SMARTS) is 1. The van der Waals surface area contributed by atoms with E-state index in [-0.39, 0.29) is 0 Å². The molecule has 0 aliphatic carbocycles. The standard InChI is InChI=1S/C10H18O8/c1-4-5(12)2-10(17,9(15)16)18-8(4)7(14)6(13)3-11/h4-8,11-14,17H,2-3H2,1H3,(H,15,16)/t4-,5-,6?,7?,8?,10+/m1/s1. The molecule has 6 N–H and O–H groups in total. The van der Waals surface area contributed by atoms with E-state index in [0.29, 0.717) is 0 Å². The van der Waals surface area contributed by atoms with E-state index < -0.39 is 55.1 Å². The van der Waals surface area contributed by atoms with Gasteiger partial charge in [-0.2, -0.15) is 0 Å². The summed E-state index contributed by atoms with van der Waals surface area (Å²) >= 11 is 0. The van der Waals surface area contributed by atoms with Crippen molar-refractivity contribution in [2.75, 3.05) is 6.61 Å². The average Bonchev–Trinajstić information content (AvgIpc) is 2.31. The molecule has 0 amide bonds. The number of aliphatic carboxylic acids is 1. The molecule has 0 aromatic rings. The van der Waals surface area contributed by atoms with E-state index in [1.807, 2.05) is 0 Å². The van der Waals surface area contributed by atoms with Crippen molar-refractivity contribution >= 4 is 5.97 Å². The Bertz CT molecular complexity index is 308. The fourth-order valence-electron chi connectivity index (χ4n) is 1.91. The van der Waals surface area contributed by atoms with Crippen LogP contribution in [0.2, 0.25) is 0 Å². The van der Waals surface area contributed by atoms with Crippen LogP contribution in [0, 0.1) is 5.92 Å². The molecule has 0 radical (unpaired) electrons. The predicted molar refractivity (Wildman–Crippen MR) is 56.3 cm³/mol. The normalized spacial score (nSPS) is 40.2. The number of rotatable bonds is 4. The third kappa shape index (κ3) is 2.79. The van der Waals surface area contributed by atoms with E-state index in [1.165, 1.54) is 6.92 Å². The van der Waals surface area contributed by atoms with Crippen LogP contribution >= 0.6 is 0 Å². The van der Waals surface area contributed by atoms with Crippen LogP contribution in [0.15, 0.2) is 0 Å². The zero-order valence-corrected chi connectivity index (χ0v) is 9.80. The Hall–Kier alpha value is -0.770. The summed E-state index contributed by atoms with van der Waals surface area (Å²) in [4.78, 5) is 10.9. The number of hydrogen-bond acceptors (Lipinski definition) is 7. The van der Waals surface area contributed by atoms with Crippen molar-refractivity contribution in [3.8, 4) is 0 Å². The molecule has 106 valence electrons. The number of ether oxygens (including phenoxy) is 1. The van der Waals surface area contributed by atoms with Crippen molar-refractivity contribution in [3.63, 3.8) is 0 Å². The maximum atomic E-state index is 10.9. The SMILES string of the molecule is C[C@H]1C(C(O)C(O)CO)O[C@](O)(C(=O)O)C[C@H]1O. The van der Waals surface area contributed by atoms with Gasteiger partial charge in [-0.1, -0.05) is 6.92 Å². The number of carboxylic acids is 1. The molecular formula is C10H18O8. The molecule has 0 spiro atoms. The Kier molecular flexibility index (Phi) is 4.65. The Morgan fingerprint density at radius 3 is 2.50 bits per heavy atom. The number of aliphatic hydroxyl groups is 5. The molecule has 1 heterocycles. The largest absolute Gasteiger partial charge is 0.477 e. The molecule has 6 atom stereocenters. The quantitative estimate of drug-likeness (QED) is 0.321. The summed E-state index contributed by atoms with van der Waals surface area (Å²) in [5.74, 6) is -5.02. The Morgan fingerprint density at radius 1 is 1.50 bits per heavy atom. The van der Waals surface area contributed by atoms with Crippen LogP contribution in [-0.2, 0) is 9.53 Å². The summed E-state index contributed by atoms with van der Waals surface area (Å²) < 4.78 is 4.88. The smallest absolute Gasteiger partial charge is 0.364 e. The summed E-state index contributed by atoms with van der Waals surface area (Å²) in [6.45, 7) is 0.722. The Labute approximate surface area is 103 Å². The Morgan fingerprint density at radius 2 is 2.06 bits per heavy atom. The van der Waals surface area contributed by atoms with Crippen LogP contribution in [-0.4, -0.2) is 73.4 Å². The first-order valence-electron chi connectivity index (χ1n) is 5.51. The van der Waals surface area contributed by atoms with E-state index in [2.05, 4.69) is 0 Å². The van der Waals surface area contributed by atoms with E-state index in [4.69, 9.17) is 14.9 Å². The van der Waals surface area contributed by atoms with Gasteiger partial charge in [0.2, 0.25) is 0 Å². The van der Waals surface area contributed by atoms with Crippen molar-refractivity contribution in [2.24, 2.45) is 5.92 Å². The minimum atomic E-state index is -2.62. The van der Waals surface area contributed by atoms with Gasteiger partial charge in [0.1, 0.15) is 12.2 Å². The van der Waals surface area contributed by atoms with Gasteiger partial charge in [-0.3, -0.25) is 0 Å². The Balaban J connectivity index is 2.92. The zero-order valence-electron chi connectivity index (χ0n) is 9.80. The van der Waals surface area contributed by atoms with Crippen LogP contribution in [0.25, 0.3) is 0 Å². The van der Waals surface area contributed by atoms with Crippen LogP contribution < -0.4 is 0 Å². The molecule has 0 bridgehead atoms. The van der Waals surface area contributed by atoms with Crippen LogP contribution in [0.1, 0.15) is 13.3 Å². The second-order valence-electron chi connectivity index (χ2n) is 4.54. The topological polar surface area (TPSA) is 148 Å². The highest BCUT2D eigenvalue weighted by Gasteiger charge is 2.51. The fraction of sp³-hybridized carbons (Fsp3) is 0.900. The van der Waals surface area contributed by atoms with Crippen molar-refractivity contribution in [2.45, 2.75) is 43.5 Å². The van der Waals surface area contributed by atoms with Gasteiger partial charge in [0.25, 0.3) is 5.79 Å². The highest BCUT2D eigenvalue weighted by Crippen LogP contribution is 2.33. The summed E-state index contributed by atoms with van der Waals surface area (Å²) in [5.41, 5.74) is 0. The maximum Gasteiger partial charge on any atom is 0.364 e. The van der Waals surface area contributed by atoms with E-state index >= 15 is 0 Å². The molecule has 1 rings (SSSR count). The third-order valence-corrected chi connectivity index (χ3v) is 3.19. The van der Waals surface area contributed by atoms with E-state index in [1.54, 1.807) is 0 Å². The molecule has 1 fully saturated rings. The average molecular weight is 266 g/mol. The minimum absolute atomic E-state index is 0.540. The fourth-order valence-corrected chi connectivity index (χ4v) is 1.91. The molecule has 1 aliphatic rings. The van der Waals surface area contributed by atoms with Crippen molar-refractivity contribution in [1.82, 2.24) is 0 Å². The summed E-state index contributed by atoms with van der Waals surface area (Å²) in [5, 5.41) is 55.9. The zero-order chi connectivity index (χ0) is 14.1. The molecule has 1 aliphatic heterocycles. The number of carbonyl (C=O) groups is 1. The van der Waals surface area contributed by atoms with E-state index in [9.17, 15) is 25.2 Å². The number of hydrogen-bond donors (Lipinski definition) is 6. The highest BCUT2D eigenvalue weighted by molar-refractivity contribution is 5.75. The van der Waals surface area contributed by atoms with Gasteiger partial charge in [-0.25, -0.2) is 4.79 Å². The summed E-state index contributed by atoms with van der Waals surface area (Å²) in [6.07, 6.45) is -6.24. The van der Waals surface area contributed by atoms with Crippen LogP contribution in [0.4, 0.5) is 0 Å². The molecule has 0 aromatic carbocycles. The molecule has 0 saturated carbocycles. The lowest BCUT2D eigenvalue weighted by Gasteiger charge is -2.43. The first-order valence-corrected chi connectivity index (χ1v) is 5.51. The van der Waals surface area contributed by atoms with Gasteiger partial charge in [-0.05, 0) is 0 Å². The van der Waals surface area contributed by atoms with Gasteiger partial charge in [0.15, 0.2) is 0 Å². The summed E-state index contributed by atoms with van der Waals surface area (Å²) in [6, 6.07) is 0. The van der Waals surface area contributed by atoms with Gasteiger partial charge < -0.3 is 35.4 Å². The van der Waals surface area contributed by atoms with Crippen LogP contribution in [0.5, 0.6) is 0 Å². The second kappa shape index (κ2) is 5.47. The maximum absolute atomic E-state index is 10.9. The van der Waals surface area contributed by atoms with Gasteiger partial charge in [-0.15, -0.1) is 0 Å². The first kappa shape index (κ1) is 15.3.